The van der Waals surface area contributed by atoms with Gasteiger partial charge in [0.1, 0.15) is 0 Å². The van der Waals surface area contributed by atoms with E-state index in [2.05, 4.69) is 47.0 Å². The highest BCUT2D eigenvalue weighted by molar-refractivity contribution is 7.10. The van der Waals surface area contributed by atoms with Gasteiger partial charge in [-0.1, -0.05) is 26.0 Å². The number of thiophene rings is 1. The summed E-state index contributed by atoms with van der Waals surface area (Å²) in [6.45, 7) is 6.26. The first-order chi connectivity index (χ1) is 11.6. The van der Waals surface area contributed by atoms with Gasteiger partial charge in [-0.2, -0.15) is 0 Å². The maximum Gasteiger partial charge on any atom is 0.231 e. The Morgan fingerprint density at radius 1 is 1.21 bits per heavy atom. The average molecular weight is 345 g/mol. The number of hydrogen-bond donors (Lipinski definition) is 2. The van der Waals surface area contributed by atoms with E-state index in [0.717, 1.165) is 29.6 Å². The number of nitrogens with one attached hydrogen (secondary N) is 2. The molecule has 2 heterocycles. The van der Waals surface area contributed by atoms with Crippen LogP contribution in [0.1, 0.15) is 24.3 Å². The zero-order chi connectivity index (χ0) is 17.0. The van der Waals surface area contributed by atoms with Crippen LogP contribution in [0.3, 0.4) is 0 Å². The van der Waals surface area contributed by atoms with Crippen molar-refractivity contribution in [3.05, 3.63) is 46.2 Å². The van der Waals surface area contributed by atoms with Gasteiger partial charge in [0.05, 0.1) is 0 Å². The Hall–Kier alpha value is -2.21. The maximum atomic E-state index is 5.41. The average Bonchev–Trinajstić information content (AvgIpc) is 3.26. The third-order valence-electron chi connectivity index (χ3n) is 4.01. The highest BCUT2D eigenvalue weighted by Gasteiger charge is 2.22. The van der Waals surface area contributed by atoms with E-state index in [1.807, 2.05) is 18.2 Å². The number of ether oxygens (including phenoxy) is 2. The molecule has 0 aliphatic carbocycles. The molecule has 2 aromatic rings. The molecule has 0 bridgehead atoms. The van der Waals surface area contributed by atoms with Gasteiger partial charge in [0.25, 0.3) is 0 Å². The van der Waals surface area contributed by atoms with Gasteiger partial charge in [-0.3, -0.25) is 4.99 Å². The van der Waals surface area contributed by atoms with E-state index in [1.54, 1.807) is 18.4 Å². The van der Waals surface area contributed by atoms with E-state index in [0.29, 0.717) is 13.3 Å². The van der Waals surface area contributed by atoms with Crippen LogP contribution in [-0.2, 0) is 12.0 Å². The number of aliphatic imine (C=N–C) groups is 1. The predicted molar refractivity (Wildman–Crippen MR) is 98.1 cm³/mol. The highest BCUT2D eigenvalue weighted by atomic mass is 32.1. The predicted octanol–water partition coefficient (Wildman–Crippen LogP) is 3.12. The highest BCUT2D eigenvalue weighted by Crippen LogP contribution is 2.32. The van der Waals surface area contributed by atoms with E-state index < -0.39 is 0 Å². The van der Waals surface area contributed by atoms with Crippen molar-refractivity contribution >= 4 is 17.3 Å². The summed E-state index contributed by atoms with van der Waals surface area (Å²) in [5.41, 5.74) is 1.18. The summed E-state index contributed by atoms with van der Waals surface area (Å²) in [7, 11) is 1.78. The van der Waals surface area contributed by atoms with Gasteiger partial charge in [-0.15, -0.1) is 11.3 Å². The fourth-order valence-electron chi connectivity index (χ4n) is 2.51. The van der Waals surface area contributed by atoms with Crippen molar-refractivity contribution in [1.29, 1.82) is 0 Å². The van der Waals surface area contributed by atoms with E-state index in [9.17, 15) is 0 Å². The minimum absolute atomic E-state index is 0.0601. The molecule has 2 N–H and O–H groups in total. The van der Waals surface area contributed by atoms with Gasteiger partial charge in [-0.25, -0.2) is 0 Å². The topological polar surface area (TPSA) is 54.9 Å². The van der Waals surface area contributed by atoms with E-state index in [-0.39, 0.29) is 5.41 Å². The molecule has 0 fully saturated rings. The van der Waals surface area contributed by atoms with E-state index in [4.69, 9.17) is 9.47 Å². The number of rotatable bonds is 5. The lowest BCUT2D eigenvalue weighted by atomic mass is 9.91. The summed E-state index contributed by atoms with van der Waals surface area (Å²) >= 11 is 1.78. The smallest absolute Gasteiger partial charge is 0.231 e. The number of benzene rings is 1. The molecule has 0 spiro atoms. The molecule has 0 saturated heterocycles. The van der Waals surface area contributed by atoms with Gasteiger partial charge < -0.3 is 20.1 Å². The normalized spacial score (nSPS) is 13.9. The van der Waals surface area contributed by atoms with Crippen molar-refractivity contribution in [3.63, 3.8) is 0 Å². The number of guanidine groups is 1. The lowest BCUT2D eigenvalue weighted by Crippen LogP contribution is -2.42. The maximum absolute atomic E-state index is 5.41. The van der Waals surface area contributed by atoms with Crippen LogP contribution in [0, 0.1) is 0 Å². The first kappa shape index (κ1) is 16.6. The SMILES string of the molecule is CN=C(NCc1ccc2c(c1)OCO2)NCC(C)(C)c1cccs1. The second-order valence-electron chi connectivity index (χ2n) is 6.33. The first-order valence-electron chi connectivity index (χ1n) is 7.95. The lowest BCUT2D eigenvalue weighted by Gasteiger charge is -2.25. The van der Waals surface area contributed by atoms with Gasteiger partial charge in [0.2, 0.25) is 6.79 Å². The monoisotopic (exact) mass is 345 g/mol. The second-order valence-corrected chi connectivity index (χ2v) is 7.28. The largest absolute Gasteiger partial charge is 0.454 e. The Morgan fingerprint density at radius 2 is 2.04 bits per heavy atom. The van der Waals surface area contributed by atoms with Gasteiger partial charge >= 0.3 is 0 Å². The zero-order valence-corrected chi connectivity index (χ0v) is 15.1. The Morgan fingerprint density at radius 3 is 2.79 bits per heavy atom. The second kappa shape index (κ2) is 7.13. The summed E-state index contributed by atoms with van der Waals surface area (Å²) in [6, 6.07) is 10.2. The van der Waals surface area contributed by atoms with Crippen molar-refractivity contribution < 1.29 is 9.47 Å². The molecule has 5 nitrogen and oxygen atoms in total. The molecular formula is C18H23N3O2S. The Bertz CT molecular complexity index is 711. The molecular weight excluding hydrogens is 322 g/mol. The molecule has 0 atom stereocenters. The molecule has 0 saturated carbocycles. The minimum Gasteiger partial charge on any atom is -0.454 e. The third-order valence-corrected chi connectivity index (χ3v) is 5.24. The molecule has 1 aliphatic heterocycles. The summed E-state index contributed by atoms with van der Waals surface area (Å²) in [5, 5.41) is 8.87. The first-order valence-corrected chi connectivity index (χ1v) is 8.83. The van der Waals surface area contributed by atoms with Crippen molar-refractivity contribution in [1.82, 2.24) is 10.6 Å². The lowest BCUT2D eigenvalue weighted by molar-refractivity contribution is 0.174. The van der Waals surface area contributed by atoms with E-state index in [1.165, 1.54) is 4.88 Å². The quantitative estimate of drug-likeness (QED) is 0.646. The fourth-order valence-corrected chi connectivity index (χ4v) is 3.36. The van der Waals surface area contributed by atoms with Crippen molar-refractivity contribution in [2.24, 2.45) is 4.99 Å². The van der Waals surface area contributed by atoms with Gasteiger partial charge in [0.15, 0.2) is 17.5 Å². The van der Waals surface area contributed by atoms with Gasteiger partial charge in [0, 0.05) is 30.4 Å². The molecule has 6 heteroatoms. The molecule has 24 heavy (non-hydrogen) atoms. The van der Waals surface area contributed by atoms with Crippen LogP contribution in [-0.4, -0.2) is 26.3 Å². The van der Waals surface area contributed by atoms with Crippen LogP contribution in [0.5, 0.6) is 11.5 Å². The van der Waals surface area contributed by atoms with Crippen LogP contribution >= 0.6 is 11.3 Å². The standard InChI is InChI=1S/C18H23N3O2S/c1-18(2,16-5-4-8-24-16)11-21-17(19-3)20-10-13-6-7-14-15(9-13)23-12-22-14/h4-9H,10-12H2,1-3H3,(H2,19,20,21). The Balaban J connectivity index is 1.54. The third kappa shape index (κ3) is 3.82. The Labute approximate surface area is 146 Å². The number of hydrogen-bond acceptors (Lipinski definition) is 4. The van der Waals surface area contributed by atoms with Crippen LogP contribution in [0.2, 0.25) is 0 Å². The zero-order valence-electron chi connectivity index (χ0n) is 14.3. The number of nitrogens with zero attached hydrogens (tertiary/aromatic N) is 1. The number of fused-ring (bicyclic) bond motifs is 1. The van der Waals surface area contributed by atoms with E-state index >= 15 is 0 Å². The summed E-state index contributed by atoms with van der Waals surface area (Å²) < 4.78 is 10.7. The molecule has 0 unspecified atom stereocenters. The molecule has 128 valence electrons. The molecule has 1 aromatic heterocycles. The van der Waals surface area contributed by atoms with Crippen LogP contribution in [0.15, 0.2) is 40.7 Å². The molecule has 3 rings (SSSR count). The van der Waals surface area contributed by atoms with Crippen molar-refractivity contribution in [2.45, 2.75) is 25.8 Å². The fraction of sp³-hybridized carbons (Fsp3) is 0.389. The molecule has 1 aromatic carbocycles. The summed E-state index contributed by atoms with van der Waals surface area (Å²) in [6.07, 6.45) is 0. The van der Waals surface area contributed by atoms with Crippen molar-refractivity contribution in [2.75, 3.05) is 20.4 Å². The summed E-state index contributed by atoms with van der Waals surface area (Å²) in [4.78, 5) is 5.66. The Kier molecular flexibility index (Phi) is 4.94. The summed E-state index contributed by atoms with van der Waals surface area (Å²) in [5.74, 6) is 2.40. The molecule has 0 amide bonds. The van der Waals surface area contributed by atoms with Crippen LogP contribution in [0.25, 0.3) is 0 Å². The molecule has 1 aliphatic rings. The minimum atomic E-state index is 0.0601. The van der Waals surface area contributed by atoms with Crippen LogP contribution < -0.4 is 20.1 Å². The van der Waals surface area contributed by atoms with Crippen LogP contribution in [0.4, 0.5) is 0 Å². The van der Waals surface area contributed by atoms with Gasteiger partial charge in [-0.05, 0) is 29.1 Å². The molecule has 0 radical (unpaired) electrons. The van der Waals surface area contributed by atoms with Crippen molar-refractivity contribution in [3.8, 4) is 11.5 Å².